The SMILES string of the molecule is Cc1ccc(NC(=O)NC(=O)[C@@H](C)Sc2nnnn2-c2ccc(O)cc2)c(C)c1. The second kappa shape index (κ2) is 8.74. The Morgan fingerprint density at radius 1 is 1.14 bits per heavy atom. The lowest BCUT2D eigenvalue weighted by molar-refractivity contribution is -0.119. The number of phenolic OH excluding ortho intramolecular Hbond substituents is 1. The van der Waals surface area contributed by atoms with Gasteiger partial charge in [-0.2, -0.15) is 4.68 Å². The van der Waals surface area contributed by atoms with Gasteiger partial charge in [0, 0.05) is 5.69 Å². The number of tetrazole rings is 1. The Morgan fingerprint density at radius 3 is 2.55 bits per heavy atom. The fourth-order valence-electron chi connectivity index (χ4n) is 2.54. The molecule has 10 heteroatoms. The van der Waals surface area contributed by atoms with Crippen molar-refractivity contribution in [3.63, 3.8) is 0 Å². The molecule has 0 fully saturated rings. The average molecular weight is 412 g/mol. The first-order valence-electron chi connectivity index (χ1n) is 8.77. The summed E-state index contributed by atoms with van der Waals surface area (Å²) in [6, 6.07) is 11.3. The highest BCUT2D eigenvalue weighted by Crippen LogP contribution is 2.24. The van der Waals surface area contributed by atoms with Gasteiger partial charge in [0.05, 0.1) is 10.9 Å². The smallest absolute Gasteiger partial charge is 0.325 e. The molecular weight excluding hydrogens is 392 g/mol. The molecule has 3 N–H and O–H groups in total. The third-order valence-corrected chi connectivity index (χ3v) is 5.09. The van der Waals surface area contributed by atoms with Crippen LogP contribution in [-0.2, 0) is 4.79 Å². The molecule has 1 atom stereocenters. The molecule has 0 spiro atoms. The maximum Gasteiger partial charge on any atom is 0.325 e. The fourth-order valence-corrected chi connectivity index (χ4v) is 3.35. The average Bonchev–Trinajstić information content (AvgIpc) is 3.12. The molecule has 3 rings (SSSR count). The minimum atomic E-state index is -0.623. The topological polar surface area (TPSA) is 122 Å². The van der Waals surface area contributed by atoms with Gasteiger partial charge in [-0.15, -0.1) is 5.10 Å². The predicted octanol–water partition coefficient (Wildman–Crippen LogP) is 2.81. The number of rotatable bonds is 5. The van der Waals surface area contributed by atoms with Crippen LogP contribution in [0.1, 0.15) is 18.1 Å². The van der Waals surface area contributed by atoms with Crippen molar-refractivity contribution < 1.29 is 14.7 Å². The van der Waals surface area contributed by atoms with E-state index in [2.05, 4.69) is 26.2 Å². The summed E-state index contributed by atoms with van der Waals surface area (Å²) in [5.41, 5.74) is 3.26. The molecule has 0 radical (unpaired) electrons. The van der Waals surface area contributed by atoms with E-state index >= 15 is 0 Å². The summed E-state index contributed by atoms with van der Waals surface area (Å²) in [6.07, 6.45) is 0. The van der Waals surface area contributed by atoms with Gasteiger partial charge in [0.1, 0.15) is 5.75 Å². The Kier molecular flexibility index (Phi) is 6.13. The van der Waals surface area contributed by atoms with Gasteiger partial charge in [0.15, 0.2) is 0 Å². The van der Waals surface area contributed by atoms with Crippen LogP contribution in [0, 0.1) is 13.8 Å². The Morgan fingerprint density at radius 2 is 1.86 bits per heavy atom. The van der Waals surface area contributed by atoms with Crippen molar-refractivity contribution in [1.29, 1.82) is 0 Å². The number of carbonyl (C=O) groups excluding carboxylic acids is 2. The van der Waals surface area contributed by atoms with Gasteiger partial charge < -0.3 is 10.4 Å². The minimum Gasteiger partial charge on any atom is -0.508 e. The summed E-state index contributed by atoms with van der Waals surface area (Å²) in [4.78, 5) is 24.6. The molecule has 150 valence electrons. The van der Waals surface area contributed by atoms with Gasteiger partial charge in [-0.3, -0.25) is 10.1 Å². The highest BCUT2D eigenvalue weighted by atomic mass is 32.2. The number of nitrogens with zero attached hydrogens (tertiary/aromatic N) is 4. The second-order valence-corrected chi connectivity index (χ2v) is 7.72. The Hall–Kier alpha value is -3.40. The van der Waals surface area contributed by atoms with Crippen LogP contribution in [0.3, 0.4) is 0 Å². The van der Waals surface area contributed by atoms with Crippen LogP contribution >= 0.6 is 11.8 Å². The number of aromatic nitrogens is 4. The summed E-state index contributed by atoms with van der Waals surface area (Å²) in [7, 11) is 0. The monoisotopic (exact) mass is 412 g/mol. The number of hydrogen-bond acceptors (Lipinski definition) is 7. The predicted molar refractivity (Wildman–Crippen MR) is 109 cm³/mol. The number of anilines is 1. The quantitative estimate of drug-likeness (QED) is 0.551. The van der Waals surface area contributed by atoms with Gasteiger partial charge in [-0.1, -0.05) is 29.5 Å². The zero-order chi connectivity index (χ0) is 21.0. The van der Waals surface area contributed by atoms with Crippen molar-refractivity contribution >= 4 is 29.4 Å². The first kappa shape index (κ1) is 20.3. The number of nitrogens with one attached hydrogen (secondary N) is 2. The largest absolute Gasteiger partial charge is 0.508 e. The Labute approximate surface area is 171 Å². The first-order valence-corrected chi connectivity index (χ1v) is 9.65. The van der Waals surface area contributed by atoms with Crippen LogP contribution in [-0.4, -0.2) is 42.5 Å². The van der Waals surface area contributed by atoms with Crippen LogP contribution in [0.15, 0.2) is 47.6 Å². The zero-order valence-electron chi connectivity index (χ0n) is 16.1. The van der Waals surface area contributed by atoms with E-state index in [1.807, 2.05) is 26.0 Å². The van der Waals surface area contributed by atoms with Gasteiger partial charge in [-0.05, 0) is 67.1 Å². The molecule has 9 nitrogen and oxygen atoms in total. The highest BCUT2D eigenvalue weighted by Gasteiger charge is 2.21. The maximum atomic E-state index is 12.4. The van der Waals surface area contributed by atoms with E-state index in [-0.39, 0.29) is 5.75 Å². The molecule has 3 amide bonds. The summed E-state index contributed by atoms with van der Waals surface area (Å²) in [5.74, 6) is -0.351. The molecule has 1 aromatic heterocycles. The second-order valence-electron chi connectivity index (χ2n) is 6.41. The lowest BCUT2D eigenvalue weighted by Crippen LogP contribution is -2.39. The summed E-state index contributed by atoms with van der Waals surface area (Å²) >= 11 is 1.11. The van der Waals surface area contributed by atoms with Crippen LogP contribution in [0.25, 0.3) is 5.69 Å². The van der Waals surface area contributed by atoms with Crippen molar-refractivity contribution in [3.8, 4) is 11.4 Å². The maximum absolute atomic E-state index is 12.4. The van der Waals surface area contributed by atoms with Gasteiger partial charge in [-0.25, -0.2) is 4.79 Å². The molecule has 3 aromatic rings. The molecule has 1 heterocycles. The molecule has 0 aliphatic heterocycles. The molecule has 0 saturated heterocycles. The van der Waals surface area contributed by atoms with E-state index in [1.54, 1.807) is 25.1 Å². The van der Waals surface area contributed by atoms with Crippen molar-refractivity contribution in [2.24, 2.45) is 0 Å². The summed E-state index contributed by atoms with van der Waals surface area (Å²) in [5, 5.41) is 25.6. The fraction of sp³-hybridized carbons (Fsp3) is 0.211. The minimum absolute atomic E-state index is 0.124. The van der Waals surface area contributed by atoms with Gasteiger partial charge >= 0.3 is 6.03 Å². The van der Waals surface area contributed by atoms with E-state index in [4.69, 9.17) is 0 Å². The standard InChI is InChI=1S/C19H20N6O3S/c1-11-4-9-16(12(2)10-11)20-18(28)21-17(27)13(3)29-19-22-23-24-25(19)14-5-7-15(26)8-6-14/h4-10,13,26H,1-3H3,(H2,20,21,27,28)/t13-/m1/s1. The molecule has 0 aliphatic carbocycles. The number of hydrogen-bond donors (Lipinski definition) is 3. The first-order chi connectivity index (χ1) is 13.8. The number of aromatic hydroxyl groups is 1. The zero-order valence-corrected chi connectivity index (χ0v) is 16.9. The number of benzene rings is 2. The molecule has 0 unspecified atom stereocenters. The van der Waals surface area contributed by atoms with E-state index in [1.165, 1.54) is 16.8 Å². The van der Waals surface area contributed by atoms with Crippen LogP contribution in [0.4, 0.5) is 10.5 Å². The number of phenols is 1. The number of carbonyl (C=O) groups is 2. The molecule has 29 heavy (non-hydrogen) atoms. The van der Waals surface area contributed by atoms with Crippen molar-refractivity contribution in [1.82, 2.24) is 25.5 Å². The van der Waals surface area contributed by atoms with E-state index in [0.29, 0.717) is 16.5 Å². The number of amides is 3. The number of urea groups is 1. The third-order valence-electron chi connectivity index (χ3n) is 4.05. The van der Waals surface area contributed by atoms with Gasteiger partial charge in [0.25, 0.3) is 0 Å². The van der Waals surface area contributed by atoms with E-state index in [0.717, 1.165) is 22.9 Å². The molecular formula is C19H20N6O3S. The number of imide groups is 1. The Balaban J connectivity index is 1.62. The molecule has 0 aliphatic rings. The van der Waals surface area contributed by atoms with Gasteiger partial charge in [0.2, 0.25) is 11.1 Å². The molecule has 0 saturated carbocycles. The van der Waals surface area contributed by atoms with Crippen LogP contribution in [0.5, 0.6) is 5.75 Å². The third kappa shape index (κ3) is 5.11. The summed E-state index contributed by atoms with van der Waals surface area (Å²) in [6.45, 7) is 5.50. The Bertz CT molecular complexity index is 1030. The number of aryl methyl sites for hydroxylation is 2. The van der Waals surface area contributed by atoms with Crippen molar-refractivity contribution in [2.45, 2.75) is 31.2 Å². The van der Waals surface area contributed by atoms with Crippen LogP contribution in [0.2, 0.25) is 0 Å². The van der Waals surface area contributed by atoms with Crippen LogP contribution < -0.4 is 10.6 Å². The summed E-state index contributed by atoms with van der Waals surface area (Å²) < 4.78 is 1.45. The molecule has 2 aromatic carbocycles. The van der Waals surface area contributed by atoms with E-state index in [9.17, 15) is 14.7 Å². The van der Waals surface area contributed by atoms with Crippen molar-refractivity contribution in [3.05, 3.63) is 53.6 Å². The normalized spacial score (nSPS) is 11.7. The number of thioether (sulfide) groups is 1. The van der Waals surface area contributed by atoms with E-state index < -0.39 is 17.2 Å². The molecule has 0 bridgehead atoms. The van der Waals surface area contributed by atoms with Crippen molar-refractivity contribution in [2.75, 3.05) is 5.32 Å². The lowest BCUT2D eigenvalue weighted by atomic mass is 10.1. The highest BCUT2D eigenvalue weighted by molar-refractivity contribution is 8.00. The lowest BCUT2D eigenvalue weighted by Gasteiger charge is -2.13.